The second kappa shape index (κ2) is 9.70. The number of morpholine rings is 1. The van der Waals surface area contributed by atoms with Crippen molar-refractivity contribution in [3.63, 3.8) is 0 Å². The van der Waals surface area contributed by atoms with Gasteiger partial charge in [0.05, 0.1) is 25.2 Å². The summed E-state index contributed by atoms with van der Waals surface area (Å²) in [6, 6.07) is 6.03. The highest BCUT2D eigenvalue weighted by atomic mass is 32.1. The smallest absolute Gasteiger partial charge is 0.259 e. The van der Waals surface area contributed by atoms with Crippen LogP contribution >= 0.6 is 11.3 Å². The first-order valence-corrected chi connectivity index (χ1v) is 12.1. The van der Waals surface area contributed by atoms with Crippen LogP contribution in [0.1, 0.15) is 17.7 Å². The number of pyridine rings is 2. The summed E-state index contributed by atoms with van der Waals surface area (Å²) in [5.74, 6) is 1.14. The van der Waals surface area contributed by atoms with Crippen LogP contribution in [0.4, 0.5) is 0 Å². The molecule has 5 rings (SSSR count). The average molecular weight is 456 g/mol. The van der Waals surface area contributed by atoms with Gasteiger partial charge in [-0.3, -0.25) is 9.69 Å². The lowest BCUT2D eigenvalue weighted by Gasteiger charge is -2.25. The van der Waals surface area contributed by atoms with Crippen molar-refractivity contribution in [2.24, 2.45) is 13.0 Å². The summed E-state index contributed by atoms with van der Waals surface area (Å²) in [6.07, 6.45) is 5.77. The largest absolute Gasteiger partial charge is 0.477 e. The molecule has 0 aromatic carbocycles. The standard InChI is InChI=1S/C24H29N3O4S/c1-26-15-21(18-2-5-25-22(12-18)31-16-17-3-8-29-9-4-17)23-20(24(26)28)13-19(32-23)14-27-6-10-30-11-7-27/h2,5,12-13,15,17H,3-4,6-11,14,16H2,1H3. The van der Waals surface area contributed by atoms with Crippen LogP contribution < -0.4 is 10.3 Å². The molecule has 0 amide bonds. The van der Waals surface area contributed by atoms with E-state index in [2.05, 4.69) is 16.0 Å². The molecule has 170 valence electrons. The predicted octanol–water partition coefficient (Wildman–Crippen LogP) is 3.30. The van der Waals surface area contributed by atoms with Gasteiger partial charge < -0.3 is 18.8 Å². The van der Waals surface area contributed by atoms with Crippen molar-refractivity contribution < 1.29 is 14.2 Å². The molecule has 3 aromatic heterocycles. The van der Waals surface area contributed by atoms with Crippen molar-refractivity contribution in [2.75, 3.05) is 46.1 Å². The monoisotopic (exact) mass is 455 g/mol. The molecule has 0 saturated carbocycles. The van der Waals surface area contributed by atoms with E-state index in [-0.39, 0.29) is 5.56 Å². The molecule has 5 heterocycles. The zero-order chi connectivity index (χ0) is 21.9. The van der Waals surface area contributed by atoms with E-state index in [1.165, 1.54) is 4.88 Å². The van der Waals surface area contributed by atoms with Gasteiger partial charge in [-0.1, -0.05) is 0 Å². The second-order valence-corrected chi connectivity index (χ2v) is 9.69. The molecule has 2 aliphatic rings. The molecule has 2 fully saturated rings. The summed E-state index contributed by atoms with van der Waals surface area (Å²) in [5.41, 5.74) is 2.10. The molecule has 32 heavy (non-hydrogen) atoms. The van der Waals surface area contributed by atoms with Crippen LogP contribution in [-0.4, -0.2) is 60.6 Å². The molecule has 0 unspecified atom stereocenters. The Hall–Kier alpha value is -2.26. The third-order valence-electron chi connectivity index (χ3n) is 6.24. The number of thiophene rings is 1. The highest BCUT2D eigenvalue weighted by molar-refractivity contribution is 7.19. The quantitative estimate of drug-likeness (QED) is 0.568. The third kappa shape index (κ3) is 4.73. The summed E-state index contributed by atoms with van der Waals surface area (Å²) in [4.78, 5) is 20.9. The van der Waals surface area contributed by atoms with Crippen LogP contribution in [0.25, 0.3) is 21.2 Å². The van der Waals surface area contributed by atoms with E-state index in [9.17, 15) is 4.79 Å². The number of fused-ring (bicyclic) bond motifs is 1. The molecule has 7 nitrogen and oxygen atoms in total. The molecule has 0 spiro atoms. The highest BCUT2D eigenvalue weighted by Crippen LogP contribution is 2.34. The van der Waals surface area contributed by atoms with Crippen molar-refractivity contribution in [1.82, 2.24) is 14.5 Å². The van der Waals surface area contributed by atoms with Gasteiger partial charge in [-0.2, -0.15) is 0 Å². The molecule has 0 aliphatic carbocycles. The minimum absolute atomic E-state index is 0.0401. The topological polar surface area (TPSA) is 65.8 Å². The maximum absolute atomic E-state index is 12.9. The van der Waals surface area contributed by atoms with Crippen molar-refractivity contribution >= 4 is 21.4 Å². The lowest BCUT2D eigenvalue weighted by Crippen LogP contribution is -2.35. The predicted molar refractivity (Wildman–Crippen MR) is 125 cm³/mol. The summed E-state index contributed by atoms with van der Waals surface area (Å²) < 4.78 is 19.6. The van der Waals surface area contributed by atoms with Crippen LogP contribution in [-0.2, 0) is 23.1 Å². The molecule has 3 aromatic rings. The van der Waals surface area contributed by atoms with Crippen LogP contribution in [0.2, 0.25) is 0 Å². The maximum atomic E-state index is 12.9. The summed E-state index contributed by atoms with van der Waals surface area (Å²) in [5, 5.41) is 0.778. The fourth-order valence-corrected chi connectivity index (χ4v) is 5.56. The van der Waals surface area contributed by atoms with E-state index in [1.54, 1.807) is 22.1 Å². The molecule has 0 radical (unpaired) electrons. The van der Waals surface area contributed by atoms with Crippen LogP contribution in [0, 0.1) is 5.92 Å². The number of aryl methyl sites for hydroxylation is 1. The fourth-order valence-electron chi connectivity index (χ4n) is 4.34. The molecule has 0 N–H and O–H groups in total. The summed E-state index contributed by atoms with van der Waals surface area (Å²) in [7, 11) is 1.81. The van der Waals surface area contributed by atoms with Gasteiger partial charge in [-0.25, -0.2) is 4.98 Å². The molecule has 0 atom stereocenters. The number of hydrogen-bond donors (Lipinski definition) is 0. The van der Waals surface area contributed by atoms with Crippen molar-refractivity contribution in [1.29, 1.82) is 0 Å². The van der Waals surface area contributed by atoms with E-state index in [0.29, 0.717) is 18.4 Å². The normalized spacial score (nSPS) is 18.3. The molecular weight excluding hydrogens is 426 g/mol. The summed E-state index contributed by atoms with van der Waals surface area (Å²) in [6.45, 7) is 6.52. The van der Waals surface area contributed by atoms with Gasteiger partial charge in [0.2, 0.25) is 5.88 Å². The third-order valence-corrected chi connectivity index (χ3v) is 7.39. The van der Waals surface area contributed by atoms with E-state index < -0.39 is 0 Å². The Labute approximate surface area is 191 Å². The fraction of sp³-hybridized carbons (Fsp3) is 0.500. The first kappa shape index (κ1) is 21.6. The lowest BCUT2D eigenvalue weighted by atomic mass is 10.0. The Balaban J connectivity index is 1.42. The van der Waals surface area contributed by atoms with Gasteiger partial charge in [0, 0.05) is 73.5 Å². The highest BCUT2D eigenvalue weighted by Gasteiger charge is 2.18. The lowest BCUT2D eigenvalue weighted by molar-refractivity contribution is 0.0346. The Bertz CT molecular complexity index is 1130. The number of ether oxygens (including phenoxy) is 3. The Kier molecular flexibility index (Phi) is 6.54. The minimum Gasteiger partial charge on any atom is -0.477 e. The van der Waals surface area contributed by atoms with Crippen LogP contribution in [0.3, 0.4) is 0 Å². The van der Waals surface area contributed by atoms with Crippen LogP contribution in [0.15, 0.2) is 35.4 Å². The van der Waals surface area contributed by atoms with Gasteiger partial charge in [-0.05, 0) is 36.5 Å². The van der Waals surface area contributed by atoms with Gasteiger partial charge in [0.15, 0.2) is 0 Å². The van der Waals surface area contributed by atoms with Gasteiger partial charge in [0.25, 0.3) is 5.56 Å². The van der Waals surface area contributed by atoms with Crippen molar-refractivity contribution in [3.05, 3.63) is 45.8 Å². The van der Waals surface area contributed by atoms with E-state index in [0.717, 1.165) is 80.1 Å². The van der Waals surface area contributed by atoms with E-state index in [1.807, 2.05) is 25.4 Å². The van der Waals surface area contributed by atoms with Gasteiger partial charge in [0.1, 0.15) is 0 Å². The molecule has 2 saturated heterocycles. The molecule has 0 bridgehead atoms. The zero-order valence-electron chi connectivity index (χ0n) is 18.4. The van der Waals surface area contributed by atoms with Crippen LogP contribution in [0.5, 0.6) is 5.88 Å². The van der Waals surface area contributed by atoms with Crippen molar-refractivity contribution in [2.45, 2.75) is 19.4 Å². The number of aromatic nitrogens is 2. The second-order valence-electron chi connectivity index (χ2n) is 8.55. The van der Waals surface area contributed by atoms with E-state index >= 15 is 0 Å². The number of rotatable bonds is 6. The first-order valence-electron chi connectivity index (χ1n) is 11.3. The Morgan fingerprint density at radius 1 is 1.16 bits per heavy atom. The number of nitrogens with zero attached hydrogens (tertiary/aromatic N) is 3. The zero-order valence-corrected chi connectivity index (χ0v) is 19.2. The maximum Gasteiger partial charge on any atom is 0.259 e. The SMILES string of the molecule is Cn1cc(-c2ccnc(OCC3CCOCC3)c2)c2sc(CN3CCOCC3)cc2c1=O. The summed E-state index contributed by atoms with van der Waals surface area (Å²) >= 11 is 1.71. The van der Waals surface area contributed by atoms with Crippen molar-refractivity contribution in [3.8, 4) is 17.0 Å². The van der Waals surface area contributed by atoms with Gasteiger partial charge in [-0.15, -0.1) is 11.3 Å². The molecule has 8 heteroatoms. The minimum atomic E-state index is 0.0401. The number of hydrogen-bond acceptors (Lipinski definition) is 7. The van der Waals surface area contributed by atoms with E-state index in [4.69, 9.17) is 14.2 Å². The Morgan fingerprint density at radius 3 is 2.75 bits per heavy atom. The first-order chi connectivity index (χ1) is 15.7. The molecular formula is C24H29N3O4S. The molecule has 2 aliphatic heterocycles. The Morgan fingerprint density at radius 2 is 1.94 bits per heavy atom. The van der Waals surface area contributed by atoms with Gasteiger partial charge >= 0.3 is 0 Å². The average Bonchev–Trinajstić information content (AvgIpc) is 3.25.